The van der Waals surface area contributed by atoms with Crippen molar-refractivity contribution in [2.24, 2.45) is 0 Å². The van der Waals surface area contributed by atoms with Gasteiger partial charge in [-0.3, -0.25) is 0 Å². The predicted octanol–water partition coefficient (Wildman–Crippen LogP) is 3.00. The zero-order valence-electron chi connectivity index (χ0n) is 11.5. The monoisotopic (exact) mass is 294 g/mol. The molecule has 0 atom stereocenters. The smallest absolute Gasteiger partial charge is 0.252 e. The maximum atomic E-state index is 13.7. The number of aromatic nitrogens is 4. The lowest BCUT2D eigenvalue weighted by molar-refractivity contribution is 0.303. The summed E-state index contributed by atoms with van der Waals surface area (Å²) in [7, 11) is 0. The average molecular weight is 294 g/mol. The molecule has 4 rings (SSSR count). The van der Waals surface area contributed by atoms with E-state index in [1.807, 2.05) is 18.2 Å². The number of ether oxygens (including phenoxy) is 1. The third-order valence-corrected chi connectivity index (χ3v) is 3.45. The van der Waals surface area contributed by atoms with Crippen LogP contribution in [0.1, 0.15) is 5.56 Å². The second-order valence-electron chi connectivity index (χ2n) is 4.80. The molecule has 2 aromatic heterocycles. The molecular formula is C16H11FN4O. The zero-order chi connectivity index (χ0) is 14.9. The van der Waals surface area contributed by atoms with E-state index in [0.29, 0.717) is 17.1 Å². The van der Waals surface area contributed by atoms with Crippen molar-refractivity contribution in [2.75, 3.05) is 0 Å². The van der Waals surface area contributed by atoms with Crippen LogP contribution in [-0.4, -0.2) is 19.6 Å². The maximum absolute atomic E-state index is 13.7. The Kier molecular flexibility index (Phi) is 2.93. The van der Waals surface area contributed by atoms with Gasteiger partial charge in [-0.1, -0.05) is 24.3 Å². The maximum Gasteiger partial charge on any atom is 0.252 e. The van der Waals surface area contributed by atoms with Crippen LogP contribution in [0.5, 0.6) is 5.75 Å². The van der Waals surface area contributed by atoms with Crippen LogP contribution in [0.4, 0.5) is 4.39 Å². The highest BCUT2D eigenvalue weighted by Gasteiger charge is 2.09. The minimum absolute atomic E-state index is 0.154. The van der Waals surface area contributed by atoms with E-state index in [0.717, 1.165) is 10.9 Å². The third kappa shape index (κ3) is 2.05. The van der Waals surface area contributed by atoms with E-state index >= 15 is 0 Å². The molecule has 0 fully saturated rings. The fraction of sp³-hybridized carbons (Fsp3) is 0.0625. The number of nitrogens with zero attached hydrogens (tertiary/aromatic N) is 4. The Bertz CT molecular complexity index is 967. The molecule has 0 N–H and O–H groups in total. The fourth-order valence-electron chi connectivity index (χ4n) is 2.36. The van der Waals surface area contributed by atoms with Crippen molar-refractivity contribution in [2.45, 2.75) is 6.61 Å². The predicted molar refractivity (Wildman–Crippen MR) is 79.0 cm³/mol. The summed E-state index contributed by atoms with van der Waals surface area (Å²) in [4.78, 5) is 8.29. The second kappa shape index (κ2) is 5.07. The number of halogens is 1. The summed E-state index contributed by atoms with van der Waals surface area (Å²) in [6, 6.07) is 12.2. The Hall–Kier alpha value is -3.02. The van der Waals surface area contributed by atoms with Crippen molar-refractivity contribution in [1.82, 2.24) is 19.6 Å². The van der Waals surface area contributed by atoms with Crippen molar-refractivity contribution in [3.63, 3.8) is 0 Å². The summed E-state index contributed by atoms with van der Waals surface area (Å²) in [5.41, 5.74) is 1.35. The lowest BCUT2D eigenvalue weighted by Gasteiger charge is -2.10. The molecule has 2 aromatic carbocycles. The van der Waals surface area contributed by atoms with Crippen molar-refractivity contribution in [3.8, 4) is 5.75 Å². The summed E-state index contributed by atoms with van der Waals surface area (Å²) in [5.74, 6) is 0.879. The zero-order valence-corrected chi connectivity index (χ0v) is 11.5. The van der Waals surface area contributed by atoms with Gasteiger partial charge in [-0.2, -0.15) is 14.6 Å². The molecule has 0 aliphatic carbocycles. The van der Waals surface area contributed by atoms with Crippen LogP contribution in [0.25, 0.3) is 16.7 Å². The van der Waals surface area contributed by atoms with Gasteiger partial charge < -0.3 is 4.74 Å². The van der Waals surface area contributed by atoms with Gasteiger partial charge in [0.15, 0.2) is 0 Å². The first-order valence-corrected chi connectivity index (χ1v) is 6.76. The summed E-state index contributed by atoms with van der Waals surface area (Å²) >= 11 is 0. The Labute approximate surface area is 125 Å². The van der Waals surface area contributed by atoms with Gasteiger partial charge in [-0.05, 0) is 18.2 Å². The highest BCUT2D eigenvalue weighted by Crippen LogP contribution is 2.25. The van der Waals surface area contributed by atoms with Crippen LogP contribution in [0, 0.1) is 5.82 Å². The lowest BCUT2D eigenvalue weighted by atomic mass is 10.2. The van der Waals surface area contributed by atoms with E-state index in [4.69, 9.17) is 4.74 Å². The van der Waals surface area contributed by atoms with E-state index in [-0.39, 0.29) is 12.4 Å². The fourth-order valence-corrected chi connectivity index (χ4v) is 2.36. The summed E-state index contributed by atoms with van der Waals surface area (Å²) < 4.78 is 21.1. The molecule has 0 saturated heterocycles. The van der Waals surface area contributed by atoms with Crippen molar-refractivity contribution < 1.29 is 9.13 Å². The Morgan fingerprint density at radius 2 is 1.95 bits per heavy atom. The number of hydrogen-bond donors (Lipinski definition) is 0. The molecule has 0 amide bonds. The largest absolute Gasteiger partial charge is 0.488 e. The Morgan fingerprint density at radius 1 is 1.05 bits per heavy atom. The van der Waals surface area contributed by atoms with Crippen LogP contribution in [0.3, 0.4) is 0 Å². The molecule has 0 aliphatic heterocycles. The topological polar surface area (TPSA) is 52.3 Å². The van der Waals surface area contributed by atoms with Gasteiger partial charge in [0, 0.05) is 11.8 Å². The molecule has 2 heterocycles. The molecule has 0 radical (unpaired) electrons. The van der Waals surface area contributed by atoms with Gasteiger partial charge in [-0.25, -0.2) is 9.37 Å². The van der Waals surface area contributed by atoms with Crippen LogP contribution >= 0.6 is 0 Å². The van der Waals surface area contributed by atoms with Crippen LogP contribution in [0.2, 0.25) is 0 Å². The second-order valence-corrected chi connectivity index (χ2v) is 4.80. The minimum Gasteiger partial charge on any atom is -0.488 e. The number of fused-ring (bicyclic) bond motifs is 3. The summed E-state index contributed by atoms with van der Waals surface area (Å²) in [6.45, 7) is 0.154. The number of hydrogen-bond acceptors (Lipinski definition) is 4. The van der Waals surface area contributed by atoms with Crippen LogP contribution in [0.15, 0.2) is 55.0 Å². The quantitative estimate of drug-likeness (QED) is 0.583. The van der Waals surface area contributed by atoms with Crippen molar-refractivity contribution in [1.29, 1.82) is 0 Å². The number of benzene rings is 2. The molecule has 5 nitrogen and oxygen atoms in total. The van der Waals surface area contributed by atoms with E-state index in [9.17, 15) is 4.39 Å². The molecular weight excluding hydrogens is 283 g/mol. The first-order chi connectivity index (χ1) is 10.8. The standard InChI is InChI=1S/C16H11FN4O/c17-13-5-2-1-4-11(13)9-22-15-7-3-6-14-12(15)8-18-16-19-10-20-21(14)16/h1-8,10H,9H2. The molecule has 0 spiro atoms. The lowest BCUT2D eigenvalue weighted by Crippen LogP contribution is -2.00. The van der Waals surface area contributed by atoms with Gasteiger partial charge >= 0.3 is 0 Å². The van der Waals surface area contributed by atoms with Gasteiger partial charge in [0.25, 0.3) is 5.78 Å². The molecule has 0 saturated carbocycles. The molecule has 0 bridgehead atoms. The molecule has 0 unspecified atom stereocenters. The van der Waals surface area contributed by atoms with Gasteiger partial charge in [-0.15, -0.1) is 0 Å². The Balaban J connectivity index is 1.74. The first kappa shape index (κ1) is 12.7. The SMILES string of the molecule is Fc1ccccc1COc1cccc2c1cnc1ncnn12. The summed E-state index contributed by atoms with van der Waals surface area (Å²) in [6.07, 6.45) is 3.14. The molecule has 108 valence electrons. The van der Waals surface area contributed by atoms with Crippen molar-refractivity contribution >= 4 is 16.7 Å². The van der Waals surface area contributed by atoms with Gasteiger partial charge in [0.05, 0.1) is 10.9 Å². The third-order valence-electron chi connectivity index (χ3n) is 3.45. The van der Waals surface area contributed by atoms with Crippen molar-refractivity contribution in [3.05, 3.63) is 66.4 Å². The normalized spacial score (nSPS) is 11.1. The van der Waals surface area contributed by atoms with E-state index in [1.165, 1.54) is 12.4 Å². The van der Waals surface area contributed by atoms with Crippen LogP contribution in [-0.2, 0) is 6.61 Å². The van der Waals surface area contributed by atoms with Gasteiger partial charge in [0.2, 0.25) is 0 Å². The van der Waals surface area contributed by atoms with Gasteiger partial charge in [0.1, 0.15) is 24.5 Å². The van der Waals surface area contributed by atoms with E-state index in [1.54, 1.807) is 28.9 Å². The highest BCUT2D eigenvalue weighted by molar-refractivity contribution is 5.85. The minimum atomic E-state index is -0.278. The summed E-state index contributed by atoms with van der Waals surface area (Å²) in [5, 5.41) is 4.95. The number of rotatable bonds is 3. The molecule has 6 heteroatoms. The van der Waals surface area contributed by atoms with E-state index in [2.05, 4.69) is 15.1 Å². The first-order valence-electron chi connectivity index (χ1n) is 6.76. The Morgan fingerprint density at radius 3 is 2.86 bits per heavy atom. The molecule has 22 heavy (non-hydrogen) atoms. The molecule has 0 aliphatic rings. The van der Waals surface area contributed by atoms with Crippen LogP contribution < -0.4 is 4.74 Å². The van der Waals surface area contributed by atoms with E-state index < -0.39 is 0 Å². The average Bonchev–Trinajstić information content (AvgIpc) is 3.03. The molecule has 4 aromatic rings. The highest BCUT2D eigenvalue weighted by atomic mass is 19.1.